The summed E-state index contributed by atoms with van der Waals surface area (Å²) in [5.41, 5.74) is 4.06. The van der Waals surface area contributed by atoms with Crippen LogP contribution in [0.4, 0.5) is 13.2 Å². The van der Waals surface area contributed by atoms with Gasteiger partial charge >= 0.3 is 6.18 Å². The third-order valence-electron chi connectivity index (χ3n) is 2.59. The summed E-state index contributed by atoms with van der Waals surface area (Å²) >= 11 is 0. The van der Waals surface area contributed by atoms with Crippen LogP contribution in [0.1, 0.15) is 18.5 Å². The number of rotatable bonds is 2. The molecule has 3 nitrogen and oxygen atoms in total. The number of alkyl halides is 3. The van der Waals surface area contributed by atoms with Crippen molar-refractivity contribution in [2.45, 2.75) is 31.1 Å². The van der Waals surface area contributed by atoms with Crippen LogP contribution in [-0.2, 0) is 12.1 Å². The minimum atomic E-state index is -4.19. The molecule has 0 saturated heterocycles. The summed E-state index contributed by atoms with van der Waals surface area (Å²) in [6.07, 6.45) is -1.34. The van der Waals surface area contributed by atoms with Gasteiger partial charge in [0.15, 0.2) is 0 Å². The molecular formula is C8H10F3N3. The first-order valence-corrected chi connectivity index (χ1v) is 4.30. The number of hydrogen-bond acceptors (Lipinski definition) is 2. The van der Waals surface area contributed by atoms with Gasteiger partial charge in [-0.05, 0) is 12.8 Å². The molecular weight excluding hydrogens is 195 g/mol. The van der Waals surface area contributed by atoms with Gasteiger partial charge in [-0.15, -0.1) is 0 Å². The molecule has 0 amide bonds. The monoisotopic (exact) mass is 205 g/mol. The van der Waals surface area contributed by atoms with E-state index in [9.17, 15) is 13.2 Å². The molecule has 0 aromatic carbocycles. The van der Waals surface area contributed by atoms with E-state index in [0.717, 1.165) is 4.57 Å². The van der Waals surface area contributed by atoms with Crippen molar-refractivity contribution in [2.24, 2.45) is 5.73 Å². The number of imidazole rings is 1. The summed E-state index contributed by atoms with van der Waals surface area (Å²) in [5.74, 6) is 0. The van der Waals surface area contributed by atoms with Gasteiger partial charge in [-0.2, -0.15) is 13.2 Å². The Morgan fingerprint density at radius 1 is 1.50 bits per heavy atom. The average Bonchev–Trinajstić information content (AvgIpc) is 2.79. The zero-order chi connectivity index (χ0) is 10.4. The summed E-state index contributed by atoms with van der Waals surface area (Å²) in [7, 11) is 0. The fourth-order valence-electron chi connectivity index (χ4n) is 1.51. The smallest absolute Gasteiger partial charge is 0.325 e. The van der Waals surface area contributed by atoms with Crippen LogP contribution in [0.15, 0.2) is 12.5 Å². The van der Waals surface area contributed by atoms with Crippen LogP contribution in [0.3, 0.4) is 0 Å². The zero-order valence-electron chi connectivity index (χ0n) is 7.38. The SMILES string of the molecule is NCc1cn(C2(C(F)(F)F)CC2)cn1. The molecule has 6 heteroatoms. The van der Waals surface area contributed by atoms with Crippen LogP contribution in [0.2, 0.25) is 0 Å². The largest absolute Gasteiger partial charge is 0.411 e. The lowest BCUT2D eigenvalue weighted by Gasteiger charge is -2.20. The molecule has 1 saturated carbocycles. The van der Waals surface area contributed by atoms with E-state index in [1.54, 1.807) is 0 Å². The van der Waals surface area contributed by atoms with Crippen LogP contribution in [0.5, 0.6) is 0 Å². The molecule has 1 fully saturated rings. The van der Waals surface area contributed by atoms with Crippen LogP contribution in [0.25, 0.3) is 0 Å². The predicted molar refractivity (Wildman–Crippen MR) is 43.4 cm³/mol. The Morgan fingerprint density at radius 3 is 2.50 bits per heavy atom. The first kappa shape index (κ1) is 9.51. The highest BCUT2D eigenvalue weighted by molar-refractivity contribution is 5.10. The maximum atomic E-state index is 12.6. The molecule has 78 valence electrons. The number of halogens is 3. The van der Waals surface area contributed by atoms with Crippen molar-refractivity contribution < 1.29 is 13.2 Å². The lowest BCUT2D eigenvalue weighted by Crippen LogP contribution is -2.33. The summed E-state index contributed by atoms with van der Waals surface area (Å²) in [6, 6.07) is 0. The molecule has 1 aliphatic carbocycles. The Hall–Kier alpha value is -1.04. The average molecular weight is 205 g/mol. The number of aromatic nitrogens is 2. The molecule has 1 aliphatic rings. The first-order valence-electron chi connectivity index (χ1n) is 4.30. The van der Waals surface area contributed by atoms with E-state index in [1.807, 2.05) is 0 Å². The predicted octanol–water partition coefficient (Wildman–Crippen LogP) is 1.39. The van der Waals surface area contributed by atoms with Crippen LogP contribution in [-0.4, -0.2) is 15.7 Å². The minimum Gasteiger partial charge on any atom is -0.325 e. The second-order valence-electron chi connectivity index (χ2n) is 3.51. The third-order valence-corrected chi connectivity index (χ3v) is 2.59. The van der Waals surface area contributed by atoms with Gasteiger partial charge in [0.05, 0.1) is 12.0 Å². The van der Waals surface area contributed by atoms with Gasteiger partial charge in [0, 0.05) is 12.7 Å². The summed E-state index contributed by atoms with van der Waals surface area (Å²) in [4.78, 5) is 3.79. The zero-order valence-corrected chi connectivity index (χ0v) is 7.38. The van der Waals surface area contributed by atoms with E-state index in [-0.39, 0.29) is 19.4 Å². The van der Waals surface area contributed by atoms with Gasteiger partial charge < -0.3 is 10.3 Å². The Bertz CT molecular complexity index is 338. The number of nitrogens with zero attached hydrogens (tertiary/aromatic N) is 2. The highest BCUT2D eigenvalue weighted by atomic mass is 19.4. The molecule has 0 radical (unpaired) electrons. The normalized spacial score (nSPS) is 19.7. The summed E-state index contributed by atoms with van der Waals surface area (Å²) in [6.45, 7) is 0.168. The van der Waals surface area contributed by atoms with E-state index in [0.29, 0.717) is 5.69 Å². The van der Waals surface area contributed by atoms with Crippen molar-refractivity contribution in [3.8, 4) is 0 Å². The van der Waals surface area contributed by atoms with E-state index in [1.165, 1.54) is 12.5 Å². The molecule has 0 bridgehead atoms. The summed E-state index contributed by atoms with van der Waals surface area (Å²) in [5, 5.41) is 0. The molecule has 0 atom stereocenters. The van der Waals surface area contributed by atoms with Crippen molar-refractivity contribution in [1.82, 2.24) is 9.55 Å². The Balaban J connectivity index is 2.31. The van der Waals surface area contributed by atoms with Gasteiger partial charge in [0.25, 0.3) is 0 Å². The highest BCUT2D eigenvalue weighted by Crippen LogP contribution is 2.55. The molecule has 1 aromatic heterocycles. The van der Waals surface area contributed by atoms with Crippen molar-refractivity contribution >= 4 is 0 Å². The molecule has 0 aliphatic heterocycles. The van der Waals surface area contributed by atoms with Crippen molar-refractivity contribution in [2.75, 3.05) is 0 Å². The van der Waals surface area contributed by atoms with Crippen molar-refractivity contribution in [3.63, 3.8) is 0 Å². The Morgan fingerprint density at radius 2 is 2.14 bits per heavy atom. The molecule has 2 N–H and O–H groups in total. The second kappa shape index (κ2) is 2.73. The van der Waals surface area contributed by atoms with Gasteiger partial charge in [-0.1, -0.05) is 0 Å². The fourth-order valence-corrected chi connectivity index (χ4v) is 1.51. The van der Waals surface area contributed by atoms with Crippen molar-refractivity contribution in [3.05, 3.63) is 18.2 Å². The molecule has 1 heterocycles. The van der Waals surface area contributed by atoms with E-state index >= 15 is 0 Å². The second-order valence-corrected chi connectivity index (χ2v) is 3.51. The Kier molecular flexibility index (Phi) is 1.85. The summed E-state index contributed by atoms with van der Waals surface area (Å²) < 4.78 is 39.0. The number of hydrogen-bond donors (Lipinski definition) is 1. The van der Waals surface area contributed by atoms with Crippen LogP contribution < -0.4 is 5.73 Å². The quantitative estimate of drug-likeness (QED) is 0.792. The van der Waals surface area contributed by atoms with Gasteiger partial charge in [0.1, 0.15) is 5.54 Å². The standard InChI is InChI=1S/C8H10F3N3/c9-8(10,11)7(1-2-7)14-4-6(3-12)13-5-14/h4-5H,1-3,12H2. The number of nitrogens with two attached hydrogens (primary N) is 1. The minimum absolute atomic E-state index is 0.136. The topological polar surface area (TPSA) is 43.8 Å². The molecule has 0 spiro atoms. The van der Waals surface area contributed by atoms with Gasteiger partial charge in [-0.3, -0.25) is 0 Å². The maximum absolute atomic E-state index is 12.6. The van der Waals surface area contributed by atoms with E-state index in [4.69, 9.17) is 5.73 Å². The molecule has 2 rings (SSSR count). The third kappa shape index (κ3) is 1.21. The van der Waals surface area contributed by atoms with Crippen molar-refractivity contribution in [1.29, 1.82) is 0 Å². The van der Waals surface area contributed by atoms with E-state index < -0.39 is 11.7 Å². The van der Waals surface area contributed by atoms with Gasteiger partial charge in [0.2, 0.25) is 0 Å². The lowest BCUT2D eigenvalue weighted by molar-refractivity contribution is -0.179. The highest BCUT2D eigenvalue weighted by Gasteiger charge is 2.64. The first-order chi connectivity index (χ1) is 6.49. The fraction of sp³-hybridized carbons (Fsp3) is 0.625. The van der Waals surface area contributed by atoms with E-state index in [2.05, 4.69) is 4.98 Å². The van der Waals surface area contributed by atoms with Gasteiger partial charge in [-0.25, -0.2) is 4.98 Å². The lowest BCUT2D eigenvalue weighted by atomic mass is 10.2. The molecule has 1 aromatic rings. The maximum Gasteiger partial charge on any atom is 0.411 e. The Labute approximate surface area is 78.7 Å². The molecule has 14 heavy (non-hydrogen) atoms. The van der Waals surface area contributed by atoms with Crippen LogP contribution in [0, 0.1) is 0 Å². The molecule has 0 unspecified atom stereocenters. The van der Waals surface area contributed by atoms with Crippen LogP contribution >= 0.6 is 0 Å².